The Morgan fingerprint density at radius 2 is 2.45 bits per heavy atom. The summed E-state index contributed by atoms with van der Waals surface area (Å²) in [7, 11) is 0. The molecule has 0 atom stereocenters. The van der Waals surface area contributed by atoms with Gasteiger partial charge in [0.1, 0.15) is 0 Å². The summed E-state index contributed by atoms with van der Waals surface area (Å²) in [6.45, 7) is 0. The largest absolute Gasteiger partial charge is 0.448 e. The van der Waals surface area contributed by atoms with Gasteiger partial charge >= 0.3 is 0 Å². The maximum absolute atomic E-state index is 5.15. The van der Waals surface area contributed by atoms with Crippen molar-refractivity contribution in [3.8, 4) is 5.88 Å². The Kier molecular flexibility index (Phi) is 1.54. The zero-order valence-electron chi connectivity index (χ0n) is 5.57. The van der Waals surface area contributed by atoms with E-state index in [-0.39, 0.29) is 0 Å². The number of halogens is 1. The molecule has 0 bridgehead atoms. The molecule has 4 heteroatoms. The van der Waals surface area contributed by atoms with Crippen molar-refractivity contribution in [2.75, 3.05) is 0 Å². The van der Waals surface area contributed by atoms with E-state index in [2.05, 4.69) is 20.9 Å². The van der Waals surface area contributed by atoms with Gasteiger partial charge in [0.15, 0.2) is 4.73 Å². The van der Waals surface area contributed by atoms with Crippen LogP contribution in [0, 0.1) is 0 Å². The van der Waals surface area contributed by atoms with Crippen LogP contribution in [0.15, 0.2) is 39.9 Å². The van der Waals surface area contributed by atoms with Crippen LogP contribution < -0.4 is 0 Å². The molecule has 2 aromatic rings. The van der Waals surface area contributed by atoms with Crippen LogP contribution in [0.25, 0.3) is 5.88 Å². The van der Waals surface area contributed by atoms with E-state index in [9.17, 15) is 0 Å². The smallest absolute Gasteiger partial charge is 0.205 e. The van der Waals surface area contributed by atoms with Crippen LogP contribution in [0.2, 0.25) is 0 Å². The van der Waals surface area contributed by atoms with Crippen LogP contribution in [-0.2, 0) is 0 Å². The fourth-order valence-corrected chi connectivity index (χ4v) is 1.27. The Balaban J connectivity index is 2.53. The molecule has 56 valence electrons. The van der Waals surface area contributed by atoms with E-state index in [0.29, 0.717) is 0 Å². The first kappa shape index (κ1) is 6.67. The minimum atomic E-state index is 0.743. The average molecular weight is 213 g/mol. The van der Waals surface area contributed by atoms with Gasteiger partial charge in [-0.25, -0.2) is 4.98 Å². The van der Waals surface area contributed by atoms with Crippen LogP contribution in [0.4, 0.5) is 0 Å². The molecule has 2 heterocycles. The lowest BCUT2D eigenvalue weighted by Gasteiger charge is -1.95. The summed E-state index contributed by atoms with van der Waals surface area (Å²) in [4.78, 5) is 3.99. The number of aromatic nitrogens is 2. The summed E-state index contributed by atoms with van der Waals surface area (Å²) in [5, 5.41) is 0. The van der Waals surface area contributed by atoms with E-state index in [1.54, 1.807) is 17.0 Å². The summed E-state index contributed by atoms with van der Waals surface area (Å²) in [6, 6.07) is 3.70. The molecule has 0 radical (unpaired) electrons. The SMILES string of the molecule is Brc1nccn1-c1ccco1. The molecule has 3 nitrogen and oxygen atoms in total. The fourth-order valence-electron chi connectivity index (χ4n) is 0.857. The highest BCUT2D eigenvalue weighted by Crippen LogP contribution is 2.14. The minimum absolute atomic E-state index is 0.743. The van der Waals surface area contributed by atoms with Crippen molar-refractivity contribution in [3.05, 3.63) is 35.5 Å². The van der Waals surface area contributed by atoms with Crippen molar-refractivity contribution >= 4 is 15.9 Å². The van der Waals surface area contributed by atoms with Crippen molar-refractivity contribution in [1.29, 1.82) is 0 Å². The van der Waals surface area contributed by atoms with E-state index < -0.39 is 0 Å². The van der Waals surface area contributed by atoms with E-state index in [0.717, 1.165) is 10.6 Å². The normalized spacial score (nSPS) is 10.3. The van der Waals surface area contributed by atoms with Gasteiger partial charge in [-0.1, -0.05) is 0 Å². The van der Waals surface area contributed by atoms with Crippen molar-refractivity contribution in [3.63, 3.8) is 0 Å². The number of rotatable bonds is 1. The molecule has 0 spiro atoms. The zero-order chi connectivity index (χ0) is 7.68. The molecule has 0 unspecified atom stereocenters. The number of furan rings is 1. The minimum Gasteiger partial charge on any atom is -0.448 e. The lowest BCUT2D eigenvalue weighted by molar-refractivity contribution is 0.536. The first-order chi connectivity index (χ1) is 5.38. The molecule has 2 rings (SSSR count). The third-order valence-corrected chi connectivity index (χ3v) is 1.93. The van der Waals surface area contributed by atoms with E-state index in [1.807, 2.05) is 18.3 Å². The number of nitrogens with zero attached hydrogens (tertiary/aromatic N) is 2. The summed E-state index contributed by atoms with van der Waals surface area (Å²) in [5.41, 5.74) is 0. The van der Waals surface area contributed by atoms with Crippen LogP contribution in [0.3, 0.4) is 0 Å². The Labute approximate surface area is 71.8 Å². The van der Waals surface area contributed by atoms with Gasteiger partial charge < -0.3 is 4.42 Å². The Hall–Kier alpha value is -1.03. The highest BCUT2D eigenvalue weighted by Gasteiger charge is 2.01. The van der Waals surface area contributed by atoms with Gasteiger partial charge in [-0.15, -0.1) is 0 Å². The second-order valence-corrected chi connectivity index (χ2v) is 2.73. The van der Waals surface area contributed by atoms with E-state index in [4.69, 9.17) is 4.42 Å². The molecule has 0 N–H and O–H groups in total. The predicted octanol–water partition coefficient (Wildman–Crippen LogP) is 2.23. The summed E-state index contributed by atoms with van der Waals surface area (Å²) >= 11 is 3.28. The van der Waals surface area contributed by atoms with Gasteiger partial charge in [0.2, 0.25) is 5.88 Å². The fraction of sp³-hybridized carbons (Fsp3) is 0. The van der Waals surface area contributed by atoms with Crippen LogP contribution in [0.1, 0.15) is 0 Å². The number of hydrogen-bond donors (Lipinski definition) is 0. The maximum Gasteiger partial charge on any atom is 0.205 e. The lowest BCUT2D eigenvalue weighted by atomic mass is 10.6. The first-order valence-corrected chi connectivity index (χ1v) is 3.90. The van der Waals surface area contributed by atoms with Crippen molar-refractivity contribution in [2.24, 2.45) is 0 Å². The number of hydrogen-bond acceptors (Lipinski definition) is 2. The van der Waals surface area contributed by atoms with Gasteiger partial charge in [-0.2, -0.15) is 0 Å². The number of imidazole rings is 1. The third-order valence-electron chi connectivity index (χ3n) is 1.34. The van der Waals surface area contributed by atoms with Crippen LogP contribution >= 0.6 is 15.9 Å². The van der Waals surface area contributed by atoms with Gasteiger partial charge in [0.05, 0.1) is 6.26 Å². The second kappa shape index (κ2) is 2.54. The molecule has 0 amide bonds. The molecule has 0 aromatic carbocycles. The lowest BCUT2D eigenvalue weighted by Crippen LogP contribution is -1.88. The Bertz CT molecular complexity index is 339. The van der Waals surface area contributed by atoms with Gasteiger partial charge in [0.25, 0.3) is 0 Å². The van der Waals surface area contributed by atoms with E-state index >= 15 is 0 Å². The molecular formula is C7H5BrN2O. The highest BCUT2D eigenvalue weighted by atomic mass is 79.9. The second-order valence-electron chi connectivity index (χ2n) is 2.02. The van der Waals surface area contributed by atoms with E-state index in [1.165, 1.54) is 0 Å². The van der Waals surface area contributed by atoms with Gasteiger partial charge in [-0.05, 0) is 22.0 Å². The highest BCUT2D eigenvalue weighted by molar-refractivity contribution is 9.10. The Morgan fingerprint density at radius 1 is 1.55 bits per heavy atom. The quantitative estimate of drug-likeness (QED) is 0.727. The van der Waals surface area contributed by atoms with Crippen LogP contribution in [-0.4, -0.2) is 9.55 Å². The maximum atomic E-state index is 5.15. The predicted molar refractivity (Wildman–Crippen MR) is 43.5 cm³/mol. The Morgan fingerprint density at radius 3 is 3.00 bits per heavy atom. The standard InChI is InChI=1S/C7H5BrN2O/c8-7-9-3-4-10(7)6-2-1-5-11-6/h1-5H. The summed E-state index contributed by atoms with van der Waals surface area (Å²) < 4.78 is 7.70. The monoisotopic (exact) mass is 212 g/mol. The van der Waals surface area contributed by atoms with Gasteiger partial charge in [0, 0.05) is 18.5 Å². The molecule has 2 aromatic heterocycles. The summed E-state index contributed by atoms with van der Waals surface area (Å²) in [6.07, 6.45) is 5.15. The molecule has 11 heavy (non-hydrogen) atoms. The molecule has 0 aliphatic rings. The van der Waals surface area contributed by atoms with Crippen molar-refractivity contribution in [2.45, 2.75) is 0 Å². The van der Waals surface area contributed by atoms with Crippen LogP contribution in [0.5, 0.6) is 0 Å². The third kappa shape index (κ3) is 1.09. The molecular weight excluding hydrogens is 208 g/mol. The molecule has 0 aliphatic heterocycles. The van der Waals surface area contributed by atoms with Gasteiger partial charge in [-0.3, -0.25) is 4.57 Å². The average Bonchev–Trinajstić information content (AvgIpc) is 2.55. The summed E-state index contributed by atoms with van der Waals surface area (Å²) in [5.74, 6) is 0.759. The zero-order valence-corrected chi connectivity index (χ0v) is 7.15. The van der Waals surface area contributed by atoms with Crippen molar-refractivity contribution < 1.29 is 4.42 Å². The first-order valence-electron chi connectivity index (χ1n) is 3.10. The topological polar surface area (TPSA) is 31.0 Å². The molecule has 0 saturated heterocycles. The molecule has 0 saturated carbocycles. The molecule has 0 aliphatic carbocycles. The van der Waals surface area contributed by atoms with Crippen molar-refractivity contribution in [1.82, 2.24) is 9.55 Å². The molecule has 0 fully saturated rings.